The second-order valence-corrected chi connectivity index (χ2v) is 2.76. The zero-order valence-corrected chi connectivity index (χ0v) is 7.68. The van der Waals surface area contributed by atoms with Gasteiger partial charge in [-0.2, -0.15) is 0 Å². The van der Waals surface area contributed by atoms with E-state index in [0.717, 1.165) is 0 Å². The lowest BCUT2D eigenvalue weighted by Crippen LogP contribution is -2.18. The van der Waals surface area contributed by atoms with Gasteiger partial charge >= 0.3 is 5.97 Å². The maximum absolute atomic E-state index is 10.8. The van der Waals surface area contributed by atoms with Crippen molar-refractivity contribution in [3.8, 4) is 0 Å². The first-order valence-electron chi connectivity index (χ1n) is 4.05. The molecule has 15 heavy (non-hydrogen) atoms. The molecule has 0 spiro atoms. The van der Waals surface area contributed by atoms with Gasteiger partial charge in [0.05, 0.1) is 0 Å². The number of hydrogen-bond acceptors (Lipinski definition) is 3. The summed E-state index contributed by atoms with van der Waals surface area (Å²) in [6.45, 7) is 0. The summed E-state index contributed by atoms with van der Waals surface area (Å²) in [7, 11) is 0. The van der Waals surface area contributed by atoms with Crippen LogP contribution >= 0.6 is 0 Å². The lowest BCUT2D eigenvalue weighted by atomic mass is 10.0. The van der Waals surface area contributed by atoms with Crippen LogP contribution in [0.15, 0.2) is 36.1 Å². The Kier molecular flexibility index (Phi) is 3.07. The number of amides is 1. The van der Waals surface area contributed by atoms with E-state index in [2.05, 4.69) is 0 Å². The van der Waals surface area contributed by atoms with Crippen LogP contribution in [0, 0.1) is 0 Å². The summed E-state index contributed by atoms with van der Waals surface area (Å²) in [5, 5.41) is 18.1. The zero-order chi connectivity index (χ0) is 11.4. The Morgan fingerprint density at radius 3 is 2.00 bits per heavy atom. The van der Waals surface area contributed by atoms with Crippen LogP contribution in [0.2, 0.25) is 0 Å². The topological polar surface area (TPSA) is 101 Å². The summed E-state index contributed by atoms with van der Waals surface area (Å²) < 4.78 is 0. The number of carboxylic acids is 1. The molecule has 0 aliphatic heterocycles. The molecule has 0 atom stereocenters. The lowest BCUT2D eigenvalue weighted by Gasteiger charge is -2.03. The first-order chi connectivity index (χ1) is 7.04. The molecule has 0 unspecified atom stereocenters. The Balaban J connectivity index is 3.34. The maximum Gasteiger partial charge on any atom is 0.340 e. The van der Waals surface area contributed by atoms with Gasteiger partial charge in [0.25, 0.3) is 5.91 Å². The fourth-order valence-corrected chi connectivity index (χ4v) is 1.09. The average Bonchev–Trinajstić information content (AvgIpc) is 2.18. The van der Waals surface area contributed by atoms with Crippen molar-refractivity contribution in [2.45, 2.75) is 0 Å². The average molecular weight is 207 g/mol. The third-order valence-corrected chi connectivity index (χ3v) is 1.75. The van der Waals surface area contributed by atoms with E-state index in [0.29, 0.717) is 0 Å². The van der Waals surface area contributed by atoms with Crippen molar-refractivity contribution in [3.63, 3.8) is 0 Å². The minimum absolute atomic E-state index is 0.223. The highest BCUT2D eigenvalue weighted by Gasteiger charge is 2.19. The Labute approximate surface area is 85.5 Å². The molecule has 1 aromatic rings. The van der Waals surface area contributed by atoms with Gasteiger partial charge in [-0.15, -0.1) is 0 Å². The number of nitrogens with two attached hydrogens (primary N) is 1. The second-order valence-electron chi connectivity index (χ2n) is 2.76. The molecule has 0 fully saturated rings. The molecule has 0 saturated heterocycles. The molecule has 4 N–H and O–H groups in total. The SMILES string of the molecule is NC(=O)/C(O)=C(\C(=O)O)c1ccccc1. The number of primary amides is 1. The quantitative estimate of drug-likeness (QED) is 0.497. The Bertz CT molecular complexity index is 422. The molecule has 0 saturated carbocycles. The van der Waals surface area contributed by atoms with E-state index in [-0.39, 0.29) is 5.56 Å². The molecule has 5 heteroatoms. The molecule has 0 heterocycles. The van der Waals surface area contributed by atoms with Gasteiger partial charge in [-0.3, -0.25) is 4.79 Å². The van der Waals surface area contributed by atoms with Crippen molar-refractivity contribution in [1.82, 2.24) is 0 Å². The lowest BCUT2D eigenvalue weighted by molar-refractivity contribution is -0.131. The van der Waals surface area contributed by atoms with Crippen molar-refractivity contribution >= 4 is 17.4 Å². The number of carboxylic acid groups (broad SMARTS) is 1. The van der Waals surface area contributed by atoms with Crippen LogP contribution in [0.4, 0.5) is 0 Å². The number of aliphatic hydroxyl groups excluding tert-OH is 1. The largest absolute Gasteiger partial charge is 0.502 e. The summed E-state index contributed by atoms with van der Waals surface area (Å²) >= 11 is 0. The fraction of sp³-hybridized carbons (Fsp3) is 0. The number of benzene rings is 1. The van der Waals surface area contributed by atoms with Crippen LogP contribution < -0.4 is 5.73 Å². The van der Waals surface area contributed by atoms with Gasteiger partial charge < -0.3 is 15.9 Å². The van der Waals surface area contributed by atoms with E-state index in [4.69, 9.17) is 10.8 Å². The molecule has 0 aromatic heterocycles. The van der Waals surface area contributed by atoms with Crippen molar-refractivity contribution in [1.29, 1.82) is 0 Å². The maximum atomic E-state index is 10.8. The van der Waals surface area contributed by atoms with E-state index >= 15 is 0 Å². The molecule has 1 rings (SSSR count). The van der Waals surface area contributed by atoms with Gasteiger partial charge in [-0.1, -0.05) is 30.3 Å². The van der Waals surface area contributed by atoms with E-state index in [9.17, 15) is 14.7 Å². The molecule has 1 aromatic carbocycles. The van der Waals surface area contributed by atoms with Crippen molar-refractivity contribution < 1.29 is 19.8 Å². The highest BCUT2D eigenvalue weighted by atomic mass is 16.4. The first kappa shape index (κ1) is 10.8. The van der Waals surface area contributed by atoms with E-state index in [1.165, 1.54) is 12.1 Å². The summed E-state index contributed by atoms with van der Waals surface area (Å²) in [5.41, 5.74) is 4.53. The van der Waals surface area contributed by atoms with Crippen LogP contribution in [0.25, 0.3) is 5.57 Å². The second kappa shape index (κ2) is 4.28. The predicted octanol–water partition coefficient (Wildman–Crippen LogP) is 0.526. The number of aliphatic carboxylic acids is 1. The van der Waals surface area contributed by atoms with Crippen LogP contribution in [0.3, 0.4) is 0 Å². The van der Waals surface area contributed by atoms with Crippen molar-refractivity contribution in [3.05, 3.63) is 41.7 Å². The molecular weight excluding hydrogens is 198 g/mol. The molecule has 0 radical (unpaired) electrons. The number of hydrogen-bond donors (Lipinski definition) is 3. The normalized spacial score (nSPS) is 11.7. The standard InChI is InChI=1S/C10H9NO4/c11-9(13)8(12)7(10(14)15)6-4-2-1-3-5-6/h1-5,12H,(H2,11,13)(H,14,15)/b8-7+. The molecule has 0 bridgehead atoms. The fourth-order valence-electron chi connectivity index (χ4n) is 1.09. The van der Waals surface area contributed by atoms with Crippen LogP contribution in [0.1, 0.15) is 5.56 Å². The smallest absolute Gasteiger partial charge is 0.340 e. The molecule has 0 aliphatic carbocycles. The van der Waals surface area contributed by atoms with Gasteiger partial charge in [0.15, 0.2) is 5.76 Å². The van der Waals surface area contributed by atoms with Gasteiger partial charge in [0.1, 0.15) is 5.57 Å². The minimum atomic E-state index is -1.41. The Morgan fingerprint density at radius 1 is 1.07 bits per heavy atom. The van der Waals surface area contributed by atoms with Gasteiger partial charge in [-0.25, -0.2) is 4.79 Å². The summed E-state index contributed by atoms with van der Waals surface area (Å²) in [6.07, 6.45) is 0. The van der Waals surface area contributed by atoms with Crippen molar-refractivity contribution in [2.75, 3.05) is 0 Å². The highest BCUT2D eigenvalue weighted by molar-refractivity contribution is 6.21. The predicted molar refractivity (Wildman–Crippen MR) is 52.8 cm³/mol. The third-order valence-electron chi connectivity index (χ3n) is 1.75. The zero-order valence-electron chi connectivity index (χ0n) is 7.68. The molecule has 0 aliphatic rings. The molecular formula is C10H9NO4. The monoisotopic (exact) mass is 207 g/mol. The van der Waals surface area contributed by atoms with Gasteiger partial charge in [0, 0.05) is 0 Å². The van der Waals surface area contributed by atoms with Crippen LogP contribution in [-0.4, -0.2) is 22.1 Å². The third kappa shape index (κ3) is 2.34. The Morgan fingerprint density at radius 2 is 1.60 bits per heavy atom. The minimum Gasteiger partial charge on any atom is -0.502 e. The van der Waals surface area contributed by atoms with Gasteiger partial charge in [-0.05, 0) is 5.56 Å². The number of rotatable bonds is 3. The van der Waals surface area contributed by atoms with Crippen molar-refractivity contribution in [2.24, 2.45) is 5.73 Å². The summed E-state index contributed by atoms with van der Waals surface area (Å²) in [5.74, 6) is -3.53. The first-order valence-corrected chi connectivity index (χ1v) is 4.05. The van der Waals surface area contributed by atoms with E-state index in [1.54, 1.807) is 18.2 Å². The number of aliphatic hydroxyl groups is 1. The summed E-state index contributed by atoms with van der Waals surface area (Å²) in [4.78, 5) is 21.5. The number of carbonyl (C=O) groups is 2. The van der Waals surface area contributed by atoms with Gasteiger partial charge in [0.2, 0.25) is 0 Å². The van der Waals surface area contributed by atoms with E-state index < -0.39 is 23.2 Å². The van der Waals surface area contributed by atoms with E-state index in [1.807, 2.05) is 0 Å². The Hall–Kier alpha value is -2.30. The molecule has 5 nitrogen and oxygen atoms in total. The van der Waals surface area contributed by atoms with Crippen LogP contribution in [-0.2, 0) is 9.59 Å². The molecule has 78 valence electrons. The highest BCUT2D eigenvalue weighted by Crippen LogP contribution is 2.17. The summed E-state index contributed by atoms with van der Waals surface area (Å²) in [6, 6.07) is 7.79. The molecule has 1 amide bonds. The van der Waals surface area contributed by atoms with Crippen LogP contribution in [0.5, 0.6) is 0 Å². The number of carbonyl (C=O) groups excluding carboxylic acids is 1.